The fourth-order valence-electron chi connectivity index (χ4n) is 2.33. The highest BCUT2D eigenvalue weighted by Gasteiger charge is 2.13. The second-order valence-corrected chi connectivity index (χ2v) is 5.72. The van der Waals surface area contributed by atoms with Crippen LogP contribution in [0.15, 0.2) is 23.6 Å². The Hall–Kier alpha value is -0.610. The average Bonchev–Trinajstić information content (AvgIpc) is 2.75. The van der Waals surface area contributed by atoms with Gasteiger partial charge in [0.25, 0.3) is 0 Å². The molecule has 1 aliphatic rings. The molecule has 0 aliphatic carbocycles. The van der Waals surface area contributed by atoms with Crippen LogP contribution < -0.4 is 5.32 Å². The molecule has 0 atom stereocenters. The highest BCUT2D eigenvalue weighted by atomic mass is 35.5. The molecule has 17 heavy (non-hydrogen) atoms. The van der Waals surface area contributed by atoms with Gasteiger partial charge in [0.15, 0.2) is 0 Å². The van der Waals surface area contributed by atoms with E-state index in [1.54, 1.807) is 11.3 Å². The molecule has 3 rings (SSSR count). The minimum absolute atomic E-state index is 0.883. The standard InChI is InChI=1S/C13H15ClN2S/c14-11-2-1-3-12-13(11)10(9-17-12)8-16-6-4-15-5-7-16/h1-3,9,15H,4-8H2. The van der Waals surface area contributed by atoms with Gasteiger partial charge in [0.2, 0.25) is 0 Å². The molecule has 1 aliphatic heterocycles. The molecule has 2 aromatic rings. The van der Waals surface area contributed by atoms with Crippen molar-refractivity contribution in [2.75, 3.05) is 26.2 Å². The van der Waals surface area contributed by atoms with Crippen molar-refractivity contribution < 1.29 is 0 Å². The number of fused-ring (bicyclic) bond motifs is 1. The third-order valence-electron chi connectivity index (χ3n) is 3.23. The van der Waals surface area contributed by atoms with Crippen LogP contribution in [0.4, 0.5) is 0 Å². The number of hydrogen-bond acceptors (Lipinski definition) is 3. The van der Waals surface area contributed by atoms with E-state index in [1.165, 1.54) is 15.6 Å². The third-order valence-corrected chi connectivity index (χ3v) is 4.54. The molecule has 1 aromatic carbocycles. The fraction of sp³-hybridized carbons (Fsp3) is 0.385. The number of piperazine rings is 1. The van der Waals surface area contributed by atoms with Crippen molar-refractivity contribution in [3.63, 3.8) is 0 Å². The van der Waals surface area contributed by atoms with Gasteiger partial charge in [0.05, 0.1) is 0 Å². The second-order valence-electron chi connectivity index (χ2n) is 4.40. The first kappa shape index (κ1) is 11.5. The monoisotopic (exact) mass is 266 g/mol. The molecular weight excluding hydrogens is 252 g/mol. The molecule has 1 N–H and O–H groups in total. The lowest BCUT2D eigenvalue weighted by molar-refractivity contribution is 0.234. The summed E-state index contributed by atoms with van der Waals surface area (Å²) in [6.45, 7) is 5.46. The molecule has 2 heterocycles. The van der Waals surface area contributed by atoms with E-state index in [0.29, 0.717) is 0 Å². The van der Waals surface area contributed by atoms with Crippen molar-refractivity contribution in [3.05, 3.63) is 34.2 Å². The Kier molecular flexibility index (Phi) is 3.34. The number of hydrogen-bond donors (Lipinski definition) is 1. The minimum atomic E-state index is 0.883. The lowest BCUT2D eigenvalue weighted by Crippen LogP contribution is -2.42. The molecule has 0 saturated carbocycles. The number of nitrogens with zero attached hydrogens (tertiary/aromatic N) is 1. The predicted molar refractivity (Wildman–Crippen MR) is 75.0 cm³/mol. The predicted octanol–water partition coefficient (Wildman–Crippen LogP) is 2.96. The summed E-state index contributed by atoms with van der Waals surface area (Å²) in [5.41, 5.74) is 1.37. The lowest BCUT2D eigenvalue weighted by Gasteiger charge is -2.27. The molecule has 90 valence electrons. The van der Waals surface area contributed by atoms with Gasteiger partial charge in [-0.05, 0) is 23.1 Å². The topological polar surface area (TPSA) is 15.3 Å². The molecule has 0 unspecified atom stereocenters. The van der Waals surface area contributed by atoms with Crippen LogP contribution in [-0.2, 0) is 6.54 Å². The molecule has 1 fully saturated rings. The number of nitrogens with one attached hydrogen (secondary N) is 1. The van der Waals surface area contributed by atoms with Gasteiger partial charge in [0.1, 0.15) is 0 Å². The van der Waals surface area contributed by atoms with Gasteiger partial charge in [-0.3, -0.25) is 4.90 Å². The number of thiophene rings is 1. The van der Waals surface area contributed by atoms with E-state index in [4.69, 9.17) is 11.6 Å². The summed E-state index contributed by atoms with van der Waals surface area (Å²) in [7, 11) is 0. The van der Waals surface area contributed by atoms with Gasteiger partial charge in [-0.25, -0.2) is 0 Å². The quantitative estimate of drug-likeness (QED) is 0.899. The lowest BCUT2D eigenvalue weighted by atomic mass is 10.1. The van der Waals surface area contributed by atoms with Crippen LogP contribution in [0.25, 0.3) is 10.1 Å². The summed E-state index contributed by atoms with van der Waals surface area (Å²) in [5, 5.41) is 7.76. The van der Waals surface area contributed by atoms with Gasteiger partial charge in [-0.15, -0.1) is 11.3 Å². The summed E-state index contributed by atoms with van der Waals surface area (Å²) in [4.78, 5) is 2.49. The Labute approximate surface area is 110 Å². The van der Waals surface area contributed by atoms with Crippen LogP contribution in [-0.4, -0.2) is 31.1 Å². The van der Waals surface area contributed by atoms with Crippen LogP contribution in [0.1, 0.15) is 5.56 Å². The largest absolute Gasteiger partial charge is 0.314 e. The molecule has 1 saturated heterocycles. The van der Waals surface area contributed by atoms with E-state index in [1.807, 2.05) is 12.1 Å². The number of halogens is 1. The molecule has 0 amide bonds. The first-order valence-corrected chi connectivity index (χ1v) is 7.18. The zero-order valence-electron chi connectivity index (χ0n) is 9.58. The number of benzene rings is 1. The Bertz CT molecular complexity index is 517. The van der Waals surface area contributed by atoms with Crippen molar-refractivity contribution in [1.29, 1.82) is 0 Å². The van der Waals surface area contributed by atoms with E-state index in [0.717, 1.165) is 37.7 Å². The summed E-state index contributed by atoms with van der Waals surface area (Å²) in [5.74, 6) is 0. The van der Waals surface area contributed by atoms with Gasteiger partial charge < -0.3 is 5.32 Å². The molecule has 4 heteroatoms. The van der Waals surface area contributed by atoms with Crippen molar-refractivity contribution in [3.8, 4) is 0 Å². The third kappa shape index (κ3) is 2.33. The first-order chi connectivity index (χ1) is 8.34. The summed E-state index contributed by atoms with van der Waals surface area (Å²) < 4.78 is 1.29. The van der Waals surface area contributed by atoms with Gasteiger partial charge in [-0.2, -0.15) is 0 Å². The molecule has 0 spiro atoms. The summed E-state index contributed by atoms with van der Waals surface area (Å²) >= 11 is 8.09. The summed E-state index contributed by atoms with van der Waals surface area (Å²) in [6, 6.07) is 6.15. The van der Waals surface area contributed by atoms with Crippen molar-refractivity contribution in [1.82, 2.24) is 10.2 Å². The maximum absolute atomic E-state index is 6.30. The maximum Gasteiger partial charge on any atom is 0.0496 e. The smallest absolute Gasteiger partial charge is 0.0496 e. The second kappa shape index (κ2) is 4.94. The first-order valence-electron chi connectivity index (χ1n) is 5.92. The zero-order chi connectivity index (χ0) is 11.7. The SMILES string of the molecule is Clc1cccc2scc(CN3CCNCC3)c12. The normalized spacial score (nSPS) is 17.7. The van der Waals surface area contributed by atoms with E-state index in [2.05, 4.69) is 21.7 Å². The van der Waals surface area contributed by atoms with Crippen molar-refractivity contribution in [2.24, 2.45) is 0 Å². The molecule has 0 bridgehead atoms. The van der Waals surface area contributed by atoms with E-state index < -0.39 is 0 Å². The molecule has 0 radical (unpaired) electrons. The van der Waals surface area contributed by atoms with Crippen LogP contribution in [0, 0.1) is 0 Å². The maximum atomic E-state index is 6.30. The minimum Gasteiger partial charge on any atom is -0.314 e. The Morgan fingerprint density at radius 2 is 2.12 bits per heavy atom. The van der Waals surface area contributed by atoms with E-state index in [-0.39, 0.29) is 0 Å². The number of rotatable bonds is 2. The Morgan fingerprint density at radius 1 is 1.29 bits per heavy atom. The molecule has 2 nitrogen and oxygen atoms in total. The average molecular weight is 267 g/mol. The zero-order valence-corrected chi connectivity index (χ0v) is 11.2. The molecular formula is C13H15ClN2S. The van der Waals surface area contributed by atoms with Crippen molar-refractivity contribution >= 4 is 33.0 Å². The van der Waals surface area contributed by atoms with Gasteiger partial charge in [-0.1, -0.05) is 17.7 Å². The van der Waals surface area contributed by atoms with E-state index in [9.17, 15) is 0 Å². The van der Waals surface area contributed by atoms with Gasteiger partial charge >= 0.3 is 0 Å². The van der Waals surface area contributed by atoms with Crippen LogP contribution in [0.3, 0.4) is 0 Å². The Morgan fingerprint density at radius 3 is 2.94 bits per heavy atom. The highest BCUT2D eigenvalue weighted by Crippen LogP contribution is 2.32. The van der Waals surface area contributed by atoms with Crippen LogP contribution in [0.5, 0.6) is 0 Å². The van der Waals surface area contributed by atoms with Gasteiger partial charge in [0, 0.05) is 47.8 Å². The van der Waals surface area contributed by atoms with Crippen molar-refractivity contribution in [2.45, 2.75) is 6.54 Å². The molecule has 1 aromatic heterocycles. The summed E-state index contributed by atoms with van der Waals surface area (Å²) in [6.07, 6.45) is 0. The van der Waals surface area contributed by atoms with E-state index >= 15 is 0 Å². The highest BCUT2D eigenvalue weighted by molar-refractivity contribution is 7.17. The Balaban J connectivity index is 1.89. The fourth-order valence-corrected chi connectivity index (χ4v) is 3.66. The van der Waals surface area contributed by atoms with Crippen LogP contribution in [0.2, 0.25) is 5.02 Å². The van der Waals surface area contributed by atoms with Crippen LogP contribution >= 0.6 is 22.9 Å².